The van der Waals surface area contributed by atoms with E-state index in [0.29, 0.717) is 61.5 Å². The van der Waals surface area contributed by atoms with Crippen LogP contribution >= 0.6 is 0 Å². The number of halogens is 2. The molecule has 2 aromatic heterocycles. The molecule has 13 nitrogen and oxygen atoms in total. The van der Waals surface area contributed by atoms with Crippen LogP contribution in [0.5, 0.6) is 0 Å². The average Bonchev–Trinajstić information content (AvgIpc) is 3.99. The lowest BCUT2D eigenvalue weighted by atomic mass is 9.90. The van der Waals surface area contributed by atoms with Gasteiger partial charge in [0.25, 0.3) is 0 Å². The molecule has 2 N–H and O–H groups in total. The summed E-state index contributed by atoms with van der Waals surface area (Å²) < 4.78 is 62.6. The zero-order valence-electron chi connectivity index (χ0n) is 33.8. The first kappa shape index (κ1) is 40.7. The maximum atomic E-state index is 16.2. The molecule has 4 saturated heterocycles. The molecule has 318 valence electrons. The summed E-state index contributed by atoms with van der Waals surface area (Å²) in [5, 5.41) is 7.28. The second kappa shape index (κ2) is 17.3. The fourth-order valence-electron chi connectivity index (χ4n) is 9.09. The zero-order valence-corrected chi connectivity index (χ0v) is 34.7. The van der Waals surface area contributed by atoms with Gasteiger partial charge >= 0.3 is 10.2 Å². The molecule has 3 aromatic carbocycles. The lowest BCUT2D eigenvalue weighted by Crippen LogP contribution is -2.49. The van der Waals surface area contributed by atoms with Crippen molar-refractivity contribution in [2.75, 3.05) is 73.4 Å². The number of hydrogen-bond donors (Lipinski definition) is 2. The number of piperazine rings is 1. The van der Waals surface area contributed by atoms with Crippen molar-refractivity contribution in [1.29, 1.82) is 0 Å². The van der Waals surface area contributed by atoms with Crippen molar-refractivity contribution >= 4 is 39.1 Å². The van der Waals surface area contributed by atoms with Gasteiger partial charge in [0.05, 0.1) is 17.3 Å². The largest absolute Gasteiger partial charge is 0.372 e. The quantitative estimate of drug-likeness (QED) is 0.149. The number of aromatic nitrogens is 3. The predicted molar refractivity (Wildman–Crippen MR) is 231 cm³/mol. The molecule has 0 bridgehead atoms. The molecule has 9 rings (SSSR count). The van der Waals surface area contributed by atoms with E-state index in [4.69, 9.17) is 5.10 Å². The first-order valence-electron chi connectivity index (χ1n) is 21.1. The van der Waals surface area contributed by atoms with Crippen molar-refractivity contribution in [3.05, 3.63) is 109 Å². The summed E-state index contributed by atoms with van der Waals surface area (Å²) in [6.45, 7) is 7.46. The van der Waals surface area contributed by atoms with Crippen LogP contribution in [0.4, 0.5) is 25.8 Å². The van der Waals surface area contributed by atoms with Crippen LogP contribution < -0.4 is 19.8 Å². The Morgan fingerprint density at radius 2 is 1.38 bits per heavy atom. The first-order chi connectivity index (χ1) is 29.6. The first-order valence-corrected chi connectivity index (χ1v) is 22.6. The molecule has 61 heavy (non-hydrogen) atoms. The zero-order chi connectivity index (χ0) is 42.1. The number of hydrogen-bond acceptors (Lipinski definition) is 9. The fraction of sp³-hybridized carbons (Fsp3) is 0.378. The molecule has 2 amide bonds. The molecule has 4 fully saturated rings. The second-order valence-electron chi connectivity index (χ2n) is 16.4. The average molecular weight is 850 g/mol. The number of anilines is 3. The van der Waals surface area contributed by atoms with E-state index in [0.717, 1.165) is 87.7 Å². The van der Waals surface area contributed by atoms with Crippen molar-refractivity contribution in [2.24, 2.45) is 5.92 Å². The molecule has 6 heterocycles. The summed E-state index contributed by atoms with van der Waals surface area (Å²) in [7, 11) is -4.07. The minimum absolute atomic E-state index is 0.115. The normalized spacial score (nSPS) is 19.7. The van der Waals surface area contributed by atoms with Gasteiger partial charge < -0.3 is 9.80 Å². The Labute approximate surface area is 354 Å². The molecule has 0 saturated carbocycles. The summed E-state index contributed by atoms with van der Waals surface area (Å²) in [6.07, 6.45) is 9.45. The number of amides is 2. The predicted octanol–water partition coefficient (Wildman–Crippen LogP) is 6.19. The van der Waals surface area contributed by atoms with Crippen LogP contribution in [-0.2, 0) is 19.8 Å². The number of carbonyl (C=O) groups is 2. The monoisotopic (exact) mass is 849 g/mol. The number of piperidine rings is 2. The Morgan fingerprint density at radius 3 is 2.05 bits per heavy atom. The van der Waals surface area contributed by atoms with Crippen LogP contribution in [0.25, 0.3) is 28.1 Å². The number of imide groups is 1. The molecule has 4 aliphatic rings. The molecular formula is C45H49F2N9O4S. The highest BCUT2D eigenvalue weighted by Gasteiger charge is 2.30. The van der Waals surface area contributed by atoms with Crippen molar-refractivity contribution < 1.29 is 26.8 Å². The highest BCUT2D eigenvalue weighted by Crippen LogP contribution is 2.37. The lowest BCUT2D eigenvalue weighted by molar-refractivity contribution is -0.134. The van der Waals surface area contributed by atoms with Gasteiger partial charge in [0.2, 0.25) is 11.8 Å². The number of nitrogens with zero attached hydrogens (tertiary/aromatic N) is 7. The summed E-state index contributed by atoms with van der Waals surface area (Å²) in [5.74, 6) is -1.71. The Kier molecular flexibility index (Phi) is 11.6. The van der Waals surface area contributed by atoms with Crippen molar-refractivity contribution in [3.63, 3.8) is 0 Å². The Hall–Kier alpha value is -5.71. The van der Waals surface area contributed by atoms with Gasteiger partial charge in [-0.1, -0.05) is 12.1 Å². The molecule has 1 atom stereocenters. The van der Waals surface area contributed by atoms with Crippen molar-refractivity contribution in [3.8, 4) is 28.1 Å². The van der Waals surface area contributed by atoms with E-state index in [1.807, 2.05) is 24.3 Å². The summed E-state index contributed by atoms with van der Waals surface area (Å²) in [5.41, 5.74) is 4.72. The van der Waals surface area contributed by atoms with E-state index in [2.05, 4.69) is 54.0 Å². The second-order valence-corrected chi connectivity index (χ2v) is 18.1. The molecule has 0 radical (unpaired) electrons. The number of pyridine rings is 1. The molecule has 4 aliphatic heterocycles. The van der Waals surface area contributed by atoms with Gasteiger partial charge in [0, 0.05) is 118 Å². The van der Waals surface area contributed by atoms with Crippen LogP contribution in [0.1, 0.15) is 50.0 Å². The highest BCUT2D eigenvalue weighted by molar-refractivity contribution is 7.90. The van der Waals surface area contributed by atoms with Crippen LogP contribution in [0.3, 0.4) is 0 Å². The van der Waals surface area contributed by atoms with E-state index >= 15 is 8.78 Å². The van der Waals surface area contributed by atoms with Gasteiger partial charge in [-0.15, -0.1) is 0 Å². The van der Waals surface area contributed by atoms with Crippen molar-refractivity contribution in [2.45, 2.75) is 44.4 Å². The Morgan fingerprint density at radius 1 is 0.738 bits per heavy atom. The highest BCUT2D eigenvalue weighted by atomic mass is 32.2. The molecule has 5 aromatic rings. The van der Waals surface area contributed by atoms with Gasteiger partial charge in [-0.25, -0.2) is 13.5 Å². The lowest BCUT2D eigenvalue weighted by Gasteiger charge is -2.40. The maximum Gasteiger partial charge on any atom is 0.301 e. The van der Waals surface area contributed by atoms with E-state index in [-0.39, 0.29) is 23.3 Å². The standard InChI is InChI=1S/C45H49F2N9O4S/c46-34-27-39(43(47)41(28-34)51-61(59,60)55-19-1-2-20-55)40-30-56(50-44(40)33-13-17-48-18-14-33)37-9-7-36(8-10-37)54-25-23-52(24-26-54)29-31-15-21-53(22-16-31)35-5-3-32(4-6-35)38-11-12-42(57)49-45(38)58/h3-10,13-14,17-18,27-28,30-31,38,51H,1-2,11-12,15-16,19-26,29H2,(H,49,57,58)/t38-/m1/s1. The third-order valence-electron chi connectivity index (χ3n) is 12.5. The smallest absolute Gasteiger partial charge is 0.301 e. The molecule has 16 heteroatoms. The van der Waals surface area contributed by atoms with Crippen molar-refractivity contribution in [1.82, 2.24) is 29.3 Å². The van der Waals surface area contributed by atoms with Crippen LogP contribution in [0.2, 0.25) is 0 Å². The minimum Gasteiger partial charge on any atom is -0.372 e. The third kappa shape index (κ3) is 8.88. The summed E-state index contributed by atoms with van der Waals surface area (Å²) in [4.78, 5) is 35.4. The fourth-order valence-corrected chi connectivity index (χ4v) is 10.4. The molecular weight excluding hydrogens is 801 g/mol. The van der Waals surface area contributed by atoms with Gasteiger partial charge in [-0.3, -0.25) is 29.5 Å². The van der Waals surface area contributed by atoms with Crippen LogP contribution in [0, 0.1) is 17.6 Å². The SMILES string of the molecule is O=C1CC[C@H](c2ccc(N3CCC(CN4CCN(c5ccc(-n6cc(-c7cc(F)cc(NS(=O)(=O)N8CCCC8)c7F)c(-c7ccncc7)n6)cc5)CC4)CC3)cc2)C(=O)N1. The van der Waals surface area contributed by atoms with E-state index < -0.39 is 27.5 Å². The van der Waals surface area contributed by atoms with Gasteiger partial charge in [-0.05, 0) is 98.2 Å². The van der Waals surface area contributed by atoms with Gasteiger partial charge in [-0.2, -0.15) is 17.8 Å². The maximum absolute atomic E-state index is 16.2. The third-order valence-corrected chi connectivity index (χ3v) is 14.0. The van der Waals surface area contributed by atoms with Gasteiger partial charge in [0.1, 0.15) is 11.5 Å². The Balaban J connectivity index is 0.824. The summed E-state index contributed by atoms with van der Waals surface area (Å²) >= 11 is 0. The van der Waals surface area contributed by atoms with Crippen LogP contribution in [0.15, 0.2) is 91.4 Å². The number of carbonyl (C=O) groups excluding carboxylic acids is 2. The molecule has 0 unspecified atom stereocenters. The number of nitrogens with one attached hydrogen (secondary N) is 2. The molecule has 0 aliphatic carbocycles. The summed E-state index contributed by atoms with van der Waals surface area (Å²) in [6, 6.07) is 21.7. The van der Waals surface area contributed by atoms with Crippen LogP contribution in [-0.4, -0.2) is 103 Å². The van der Waals surface area contributed by atoms with E-state index in [1.165, 1.54) is 9.99 Å². The van der Waals surface area contributed by atoms with E-state index in [1.54, 1.807) is 35.4 Å². The van der Waals surface area contributed by atoms with E-state index in [9.17, 15) is 18.0 Å². The Bertz CT molecular complexity index is 2480. The van der Waals surface area contributed by atoms with Gasteiger partial charge in [0.15, 0.2) is 5.82 Å². The topological polar surface area (TPSA) is 136 Å². The minimum atomic E-state index is -4.07. The molecule has 0 spiro atoms. The number of rotatable bonds is 11. The number of benzene rings is 3.